The lowest BCUT2D eigenvalue weighted by molar-refractivity contribution is -0.128. The molecule has 1 aliphatic carbocycles. The van der Waals surface area contributed by atoms with Gasteiger partial charge in [0.15, 0.2) is 0 Å². The summed E-state index contributed by atoms with van der Waals surface area (Å²) in [4.78, 5) is 12.2. The van der Waals surface area contributed by atoms with Crippen LogP contribution in [0.15, 0.2) is 0 Å². The second-order valence-corrected chi connectivity index (χ2v) is 5.64. The second kappa shape index (κ2) is 5.05. The third-order valence-electron chi connectivity index (χ3n) is 3.92. The van der Waals surface area contributed by atoms with Gasteiger partial charge in [-0.25, -0.2) is 0 Å². The van der Waals surface area contributed by atoms with Crippen molar-refractivity contribution in [3.05, 3.63) is 0 Å². The van der Waals surface area contributed by atoms with E-state index in [0.717, 1.165) is 31.2 Å². The van der Waals surface area contributed by atoms with E-state index in [2.05, 4.69) is 21.2 Å². The van der Waals surface area contributed by atoms with E-state index in [4.69, 9.17) is 4.74 Å². The molecule has 0 radical (unpaired) electrons. The summed E-state index contributed by atoms with van der Waals surface area (Å²) in [6.07, 6.45) is 5.60. The molecule has 0 spiro atoms. The minimum absolute atomic E-state index is 0.0133. The average molecular weight is 290 g/mol. The molecule has 2 unspecified atom stereocenters. The topological polar surface area (TPSA) is 38.3 Å². The highest BCUT2D eigenvalue weighted by molar-refractivity contribution is 9.09. The Labute approximate surface area is 105 Å². The minimum Gasteiger partial charge on any atom is -0.378 e. The maximum absolute atomic E-state index is 12.2. The first-order chi connectivity index (χ1) is 7.67. The van der Waals surface area contributed by atoms with Gasteiger partial charge in [-0.1, -0.05) is 28.8 Å². The first-order valence-electron chi connectivity index (χ1n) is 6.16. The van der Waals surface area contributed by atoms with Crippen LogP contribution in [0, 0.1) is 5.92 Å². The molecular formula is C12H20BrNO2. The van der Waals surface area contributed by atoms with Gasteiger partial charge >= 0.3 is 0 Å². The monoisotopic (exact) mass is 289 g/mol. The number of hydrogen-bond acceptors (Lipinski definition) is 2. The van der Waals surface area contributed by atoms with Crippen LogP contribution in [0.25, 0.3) is 0 Å². The second-order valence-electron chi connectivity index (χ2n) is 5.08. The van der Waals surface area contributed by atoms with Gasteiger partial charge in [0.1, 0.15) is 0 Å². The normalized spacial score (nSPS) is 32.9. The van der Waals surface area contributed by atoms with Gasteiger partial charge in [-0.3, -0.25) is 4.79 Å². The quantitative estimate of drug-likeness (QED) is 0.810. The van der Waals surface area contributed by atoms with Crippen LogP contribution in [0.2, 0.25) is 0 Å². The molecule has 16 heavy (non-hydrogen) atoms. The zero-order valence-corrected chi connectivity index (χ0v) is 11.4. The third kappa shape index (κ3) is 2.43. The summed E-state index contributed by atoms with van der Waals surface area (Å²) >= 11 is 3.54. The van der Waals surface area contributed by atoms with Crippen molar-refractivity contribution in [1.29, 1.82) is 0 Å². The Morgan fingerprint density at radius 3 is 2.69 bits per heavy atom. The summed E-state index contributed by atoms with van der Waals surface area (Å²) < 4.78 is 5.45. The maximum Gasteiger partial charge on any atom is 0.226 e. The number of amides is 1. The van der Waals surface area contributed by atoms with Gasteiger partial charge in [0.25, 0.3) is 0 Å². The van der Waals surface area contributed by atoms with Gasteiger partial charge in [0, 0.05) is 17.5 Å². The smallest absolute Gasteiger partial charge is 0.226 e. The van der Waals surface area contributed by atoms with E-state index in [1.165, 1.54) is 12.8 Å². The highest BCUT2D eigenvalue weighted by Crippen LogP contribution is 2.32. The first kappa shape index (κ1) is 12.4. The van der Waals surface area contributed by atoms with E-state index in [-0.39, 0.29) is 23.5 Å². The fourth-order valence-electron chi connectivity index (χ4n) is 2.77. The molecule has 4 heteroatoms. The maximum atomic E-state index is 12.2. The van der Waals surface area contributed by atoms with Crippen molar-refractivity contribution < 1.29 is 9.53 Å². The zero-order valence-electron chi connectivity index (χ0n) is 9.80. The first-order valence-corrected chi connectivity index (χ1v) is 7.29. The van der Waals surface area contributed by atoms with Crippen LogP contribution in [0.5, 0.6) is 0 Å². The van der Waals surface area contributed by atoms with Crippen LogP contribution < -0.4 is 5.32 Å². The standard InChI is InChI=1S/C12H20BrNO2/c1-9-10(4-7-16-9)11(15)14-12(8-13)5-2-3-6-12/h9-10H,2-8H2,1H3,(H,14,15). The number of halogens is 1. The van der Waals surface area contributed by atoms with Crippen molar-refractivity contribution in [3.63, 3.8) is 0 Å². The van der Waals surface area contributed by atoms with Crippen LogP contribution in [0.3, 0.4) is 0 Å². The fourth-order valence-corrected chi connectivity index (χ4v) is 3.47. The molecule has 1 heterocycles. The molecule has 1 aliphatic heterocycles. The molecule has 0 aromatic heterocycles. The summed E-state index contributed by atoms with van der Waals surface area (Å²) in [5, 5.41) is 4.12. The number of alkyl halides is 1. The number of nitrogens with one attached hydrogen (secondary N) is 1. The highest BCUT2D eigenvalue weighted by Gasteiger charge is 2.38. The molecule has 0 bridgehead atoms. The van der Waals surface area contributed by atoms with E-state index in [1.807, 2.05) is 6.92 Å². The van der Waals surface area contributed by atoms with Gasteiger partial charge in [0.2, 0.25) is 5.91 Å². The Morgan fingerprint density at radius 2 is 2.19 bits per heavy atom. The molecule has 1 amide bonds. The number of rotatable bonds is 3. The Bertz CT molecular complexity index is 264. The summed E-state index contributed by atoms with van der Waals surface area (Å²) in [5.74, 6) is 0.239. The van der Waals surface area contributed by atoms with Crippen LogP contribution in [0.1, 0.15) is 39.0 Å². The van der Waals surface area contributed by atoms with E-state index < -0.39 is 0 Å². The molecule has 1 saturated carbocycles. The number of hydrogen-bond donors (Lipinski definition) is 1. The Hall–Kier alpha value is -0.0900. The molecule has 92 valence electrons. The number of ether oxygens (including phenoxy) is 1. The van der Waals surface area contributed by atoms with Crippen LogP contribution in [-0.4, -0.2) is 29.5 Å². The van der Waals surface area contributed by atoms with Crippen LogP contribution in [0.4, 0.5) is 0 Å². The van der Waals surface area contributed by atoms with E-state index in [9.17, 15) is 4.79 Å². The minimum atomic E-state index is 0.0133. The molecule has 0 aromatic rings. The lowest BCUT2D eigenvalue weighted by Gasteiger charge is -2.30. The van der Waals surface area contributed by atoms with Crippen molar-refractivity contribution in [1.82, 2.24) is 5.32 Å². The summed E-state index contributed by atoms with van der Waals surface area (Å²) in [6, 6.07) is 0. The Kier molecular flexibility index (Phi) is 3.90. The van der Waals surface area contributed by atoms with Gasteiger partial charge < -0.3 is 10.1 Å². The summed E-state index contributed by atoms with van der Waals surface area (Å²) in [6.45, 7) is 2.72. The van der Waals surface area contributed by atoms with Crippen molar-refractivity contribution in [2.75, 3.05) is 11.9 Å². The van der Waals surface area contributed by atoms with Gasteiger partial charge in [-0.2, -0.15) is 0 Å². The number of carbonyl (C=O) groups is 1. The fraction of sp³-hybridized carbons (Fsp3) is 0.917. The summed E-state index contributed by atoms with van der Waals surface area (Å²) in [5.41, 5.74) is 0.0133. The molecule has 2 aliphatic rings. The van der Waals surface area contributed by atoms with Crippen molar-refractivity contribution in [2.45, 2.75) is 50.7 Å². The van der Waals surface area contributed by atoms with E-state index >= 15 is 0 Å². The van der Waals surface area contributed by atoms with E-state index in [0.29, 0.717) is 0 Å². The molecule has 1 saturated heterocycles. The number of carbonyl (C=O) groups excluding carboxylic acids is 1. The zero-order chi connectivity index (χ0) is 11.6. The molecule has 2 atom stereocenters. The molecule has 1 N–H and O–H groups in total. The molecule has 0 aromatic carbocycles. The highest BCUT2D eigenvalue weighted by atomic mass is 79.9. The molecular weight excluding hydrogens is 270 g/mol. The lowest BCUT2D eigenvalue weighted by Crippen LogP contribution is -2.50. The Morgan fingerprint density at radius 1 is 1.50 bits per heavy atom. The van der Waals surface area contributed by atoms with Gasteiger partial charge in [-0.15, -0.1) is 0 Å². The van der Waals surface area contributed by atoms with Crippen molar-refractivity contribution in [3.8, 4) is 0 Å². The molecule has 2 rings (SSSR count). The SMILES string of the molecule is CC1OCCC1C(=O)NC1(CBr)CCCC1. The summed E-state index contributed by atoms with van der Waals surface area (Å²) in [7, 11) is 0. The van der Waals surface area contributed by atoms with E-state index in [1.54, 1.807) is 0 Å². The van der Waals surface area contributed by atoms with Crippen molar-refractivity contribution in [2.24, 2.45) is 5.92 Å². The predicted molar refractivity (Wildman–Crippen MR) is 66.7 cm³/mol. The van der Waals surface area contributed by atoms with Crippen molar-refractivity contribution >= 4 is 21.8 Å². The molecule has 3 nitrogen and oxygen atoms in total. The lowest BCUT2D eigenvalue weighted by atomic mass is 9.96. The molecule has 2 fully saturated rings. The Balaban J connectivity index is 1.95. The average Bonchev–Trinajstić information content (AvgIpc) is 2.87. The van der Waals surface area contributed by atoms with Crippen LogP contribution >= 0.6 is 15.9 Å². The third-order valence-corrected chi connectivity index (χ3v) is 4.99. The van der Waals surface area contributed by atoms with Gasteiger partial charge in [0.05, 0.1) is 12.0 Å². The van der Waals surface area contributed by atoms with Crippen LogP contribution in [-0.2, 0) is 9.53 Å². The largest absolute Gasteiger partial charge is 0.378 e. The van der Waals surface area contributed by atoms with Gasteiger partial charge in [-0.05, 0) is 26.2 Å². The predicted octanol–water partition coefficient (Wildman–Crippen LogP) is 2.24.